The van der Waals surface area contributed by atoms with E-state index in [-0.39, 0.29) is 5.91 Å². The van der Waals surface area contributed by atoms with Crippen LogP contribution in [0.1, 0.15) is 13.3 Å². The van der Waals surface area contributed by atoms with Crippen molar-refractivity contribution in [3.05, 3.63) is 0 Å². The van der Waals surface area contributed by atoms with Gasteiger partial charge in [-0.15, -0.1) is 0 Å². The highest BCUT2D eigenvalue weighted by Crippen LogP contribution is 2.04. The van der Waals surface area contributed by atoms with Gasteiger partial charge in [-0.2, -0.15) is 0 Å². The third kappa shape index (κ3) is 4.40. The number of hydrogen-bond donors (Lipinski definition) is 3. The van der Waals surface area contributed by atoms with Crippen LogP contribution >= 0.6 is 0 Å². The fraction of sp³-hybridized carbons (Fsp3) is 0.727. The van der Waals surface area contributed by atoms with Crippen LogP contribution < -0.4 is 5.32 Å². The lowest BCUT2D eigenvalue weighted by Crippen LogP contribution is -2.50. The molecule has 1 fully saturated rings. The normalized spacial score (nSPS) is 17.6. The average molecular weight is 273 g/mol. The molecule has 1 aliphatic rings. The number of carbonyl (C=O) groups excluding carboxylic acids is 2. The van der Waals surface area contributed by atoms with Crippen molar-refractivity contribution in [2.75, 3.05) is 32.8 Å². The molecule has 0 aliphatic carbocycles. The summed E-state index contributed by atoms with van der Waals surface area (Å²) in [6.45, 7) is 2.63. The molecule has 0 radical (unpaired) electrons. The van der Waals surface area contributed by atoms with E-state index in [4.69, 9.17) is 10.2 Å². The van der Waals surface area contributed by atoms with Crippen LogP contribution in [0.15, 0.2) is 0 Å². The highest BCUT2D eigenvalue weighted by atomic mass is 16.4. The second-order valence-corrected chi connectivity index (χ2v) is 4.37. The van der Waals surface area contributed by atoms with Gasteiger partial charge in [0, 0.05) is 33.1 Å². The van der Waals surface area contributed by atoms with Crippen LogP contribution in [-0.4, -0.2) is 76.7 Å². The predicted molar refractivity (Wildman–Crippen MR) is 65.5 cm³/mol. The quantitative estimate of drug-likeness (QED) is 0.591. The van der Waals surface area contributed by atoms with E-state index in [1.807, 2.05) is 0 Å². The zero-order chi connectivity index (χ0) is 14.4. The van der Waals surface area contributed by atoms with E-state index in [0.29, 0.717) is 32.6 Å². The standard InChI is InChI=1S/C11H19N3O5/c1-8(16)13-3-2-4-14(6-5-13)11(19)12-9(7-15)10(17)18/h9,15H,2-7H2,1H3,(H,12,19)(H,17,18)/t9-/m1/s1. The van der Waals surface area contributed by atoms with Gasteiger partial charge in [0.15, 0.2) is 6.04 Å². The minimum Gasteiger partial charge on any atom is -0.480 e. The highest BCUT2D eigenvalue weighted by molar-refractivity contribution is 5.82. The fourth-order valence-electron chi connectivity index (χ4n) is 1.86. The Balaban J connectivity index is 2.53. The van der Waals surface area contributed by atoms with Crippen LogP contribution in [0.2, 0.25) is 0 Å². The Morgan fingerprint density at radius 1 is 1.16 bits per heavy atom. The van der Waals surface area contributed by atoms with E-state index >= 15 is 0 Å². The van der Waals surface area contributed by atoms with Gasteiger partial charge < -0.3 is 25.3 Å². The molecule has 0 saturated carbocycles. The zero-order valence-electron chi connectivity index (χ0n) is 10.8. The summed E-state index contributed by atoms with van der Waals surface area (Å²) >= 11 is 0. The van der Waals surface area contributed by atoms with Crippen LogP contribution in [-0.2, 0) is 9.59 Å². The molecule has 8 heteroatoms. The van der Waals surface area contributed by atoms with E-state index in [2.05, 4.69) is 5.32 Å². The van der Waals surface area contributed by atoms with Gasteiger partial charge in [0.1, 0.15) is 0 Å². The molecule has 0 aromatic rings. The van der Waals surface area contributed by atoms with Crippen molar-refractivity contribution in [1.82, 2.24) is 15.1 Å². The van der Waals surface area contributed by atoms with Crippen molar-refractivity contribution in [2.45, 2.75) is 19.4 Å². The molecule has 0 unspecified atom stereocenters. The Kier molecular flexibility index (Phi) is 5.56. The minimum atomic E-state index is -1.31. The van der Waals surface area contributed by atoms with Gasteiger partial charge in [-0.1, -0.05) is 0 Å². The SMILES string of the molecule is CC(=O)N1CCCN(C(=O)N[C@H](CO)C(=O)O)CC1. The Bertz CT molecular complexity index is 360. The van der Waals surface area contributed by atoms with Crippen LogP contribution in [0.3, 0.4) is 0 Å². The molecule has 0 aromatic heterocycles. The molecule has 1 heterocycles. The smallest absolute Gasteiger partial charge is 0.328 e. The zero-order valence-corrected chi connectivity index (χ0v) is 10.8. The lowest BCUT2D eigenvalue weighted by molar-refractivity contribution is -0.140. The Morgan fingerprint density at radius 2 is 1.74 bits per heavy atom. The molecule has 19 heavy (non-hydrogen) atoms. The Hall–Kier alpha value is -1.83. The van der Waals surface area contributed by atoms with Gasteiger partial charge >= 0.3 is 12.0 Å². The number of nitrogens with zero attached hydrogens (tertiary/aromatic N) is 2. The number of carbonyl (C=O) groups is 3. The summed E-state index contributed by atoms with van der Waals surface area (Å²) < 4.78 is 0. The second kappa shape index (κ2) is 6.93. The molecule has 3 amide bonds. The summed E-state index contributed by atoms with van der Waals surface area (Å²) in [7, 11) is 0. The summed E-state index contributed by atoms with van der Waals surface area (Å²) in [5.41, 5.74) is 0. The van der Waals surface area contributed by atoms with E-state index < -0.39 is 24.6 Å². The topological polar surface area (TPSA) is 110 Å². The number of urea groups is 1. The number of aliphatic hydroxyl groups is 1. The number of nitrogens with one attached hydrogen (secondary N) is 1. The van der Waals surface area contributed by atoms with E-state index in [0.717, 1.165) is 0 Å². The predicted octanol–water partition coefficient (Wildman–Crippen LogP) is -1.30. The number of rotatable bonds is 3. The van der Waals surface area contributed by atoms with Crippen molar-refractivity contribution in [2.24, 2.45) is 0 Å². The lowest BCUT2D eigenvalue weighted by Gasteiger charge is -2.23. The van der Waals surface area contributed by atoms with Crippen LogP contribution in [0.25, 0.3) is 0 Å². The number of carboxylic acids is 1. The van der Waals surface area contributed by atoms with Gasteiger partial charge in [0.2, 0.25) is 5.91 Å². The number of amides is 3. The maximum absolute atomic E-state index is 11.8. The number of aliphatic hydroxyl groups excluding tert-OH is 1. The van der Waals surface area contributed by atoms with Gasteiger partial charge in [0.05, 0.1) is 6.61 Å². The summed E-state index contributed by atoms with van der Waals surface area (Å²) in [6, 6.07) is -1.84. The fourth-order valence-corrected chi connectivity index (χ4v) is 1.86. The largest absolute Gasteiger partial charge is 0.480 e. The summed E-state index contributed by atoms with van der Waals surface area (Å²) in [5.74, 6) is -1.32. The Morgan fingerprint density at radius 3 is 2.26 bits per heavy atom. The van der Waals surface area contributed by atoms with Gasteiger partial charge in [-0.25, -0.2) is 9.59 Å². The van der Waals surface area contributed by atoms with Crippen LogP contribution in [0.5, 0.6) is 0 Å². The molecule has 1 atom stereocenters. The monoisotopic (exact) mass is 273 g/mol. The molecule has 3 N–H and O–H groups in total. The average Bonchev–Trinajstić information content (AvgIpc) is 2.60. The Labute approximate surface area is 111 Å². The summed E-state index contributed by atoms with van der Waals surface area (Å²) in [5, 5.41) is 19.8. The maximum Gasteiger partial charge on any atom is 0.328 e. The summed E-state index contributed by atoms with van der Waals surface area (Å²) in [4.78, 5) is 36.9. The molecular formula is C11H19N3O5. The third-order valence-electron chi connectivity index (χ3n) is 3.01. The van der Waals surface area contributed by atoms with Crippen molar-refractivity contribution in [3.8, 4) is 0 Å². The van der Waals surface area contributed by atoms with Crippen LogP contribution in [0.4, 0.5) is 4.79 Å². The van der Waals surface area contributed by atoms with Crippen molar-refractivity contribution < 1.29 is 24.6 Å². The number of aliphatic carboxylic acids is 1. The molecule has 1 rings (SSSR count). The molecule has 108 valence electrons. The van der Waals surface area contributed by atoms with Crippen molar-refractivity contribution >= 4 is 17.9 Å². The minimum absolute atomic E-state index is 0.0407. The molecule has 1 saturated heterocycles. The van der Waals surface area contributed by atoms with Crippen molar-refractivity contribution in [3.63, 3.8) is 0 Å². The second-order valence-electron chi connectivity index (χ2n) is 4.37. The van der Waals surface area contributed by atoms with Crippen molar-refractivity contribution in [1.29, 1.82) is 0 Å². The van der Waals surface area contributed by atoms with Crippen LogP contribution in [0, 0.1) is 0 Å². The molecular weight excluding hydrogens is 254 g/mol. The number of hydrogen-bond acceptors (Lipinski definition) is 4. The first-order valence-electron chi connectivity index (χ1n) is 6.10. The molecule has 1 aliphatic heterocycles. The molecule has 0 spiro atoms. The molecule has 8 nitrogen and oxygen atoms in total. The highest BCUT2D eigenvalue weighted by Gasteiger charge is 2.24. The van der Waals surface area contributed by atoms with E-state index in [1.165, 1.54) is 11.8 Å². The summed E-state index contributed by atoms with van der Waals surface area (Å²) in [6.07, 6.45) is 0.643. The first-order chi connectivity index (χ1) is 8.95. The molecule has 0 bridgehead atoms. The van der Waals surface area contributed by atoms with E-state index in [9.17, 15) is 14.4 Å². The first-order valence-corrected chi connectivity index (χ1v) is 6.10. The van der Waals surface area contributed by atoms with E-state index in [1.54, 1.807) is 4.90 Å². The first kappa shape index (κ1) is 15.2. The molecule has 0 aromatic carbocycles. The van der Waals surface area contributed by atoms with Gasteiger partial charge in [-0.05, 0) is 6.42 Å². The third-order valence-corrected chi connectivity index (χ3v) is 3.01. The van der Waals surface area contributed by atoms with Gasteiger partial charge in [0.25, 0.3) is 0 Å². The lowest BCUT2D eigenvalue weighted by atomic mass is 10.3. The van der Waals surface area contributed by atoms with Gasteiger partial charge in [-0.3, -0.25) is 4.79 Å². The number of carboxylic acid groups (broad SMARTS) is 1. The maximum atomic E-state index is 11.8.